The zero-order chi connectivity index (χ0) is 12.6. The fraction of sp³-hybridized carbons (Fsp3) is 0.800. The van der Waals surface area contributed by atoms with Gasteiger partial charge in [0.1, 0.15) is 0 Å². The summed E-state index contributed by atoms with van der Waals surface area (Å²) in [6.45, 7) is 6.77. The Labute approximate surface area is 104 Å². The quantitative estimate of drug-likeness (QED) is 0.800. The normalized spacial score (nSPS) is 37.9. The van der Waals surface area contributed by atoms with E-state index in [0.717, 1.165) is 6.42 Å². The minimum atomic E-state index is -0.0877. The fourth-order valence-electron chi connectivity index (χ4n) is 4.09. The number of Topliss-reactive ketones (excluding diaryl/α,β-unsaturated/α-hetero) is 1. The SMILES string of the molecule is CC(C)C1CCC(C)C12CC=C(CO)C(=O)C2. The van der Waals surface area contributed by atoms with Crippen LogP contribution in [0.25, 0.3) is 0 Å². The third kappa shape index (κ3) is 1.97. The molecule has 2 nitrogen and oxygen atoms in total. The van der Waals surface area contributed by atoms with Crippen LogP contribution in [0.15, 0.2) is 11.6 Å². The third-order valence-electron chi connectivity index (χ3n) is 5.18. The summed E-state index contributed by atoms with van der Waals surface area (Å²) in [6.07, 6.45) is 6.15. The largest absolute Gasteiger partial charge is 0.392 e. The van der Waals surface area contributed by atoms with Gasteiger partial charge in [-0.2, -0.15) is 0 Å². The van der Waals surface area contributed by atoms with E-state index in [2.05, 4.69) is 20.8 Å². The average molecular weight is 236 g/mol. The molecule has 0 heterocycles. The summed E-state index contributed by atoms with van der Waals surface area (Å²) >= 11 is 0. The summed E-state index contributed by atoms with van der Waals surface area (Å²) in [5.41, 5.74) is 0.821. The average Bonchev–Trinajstić information content (AvgIpc) is 2.57. The molecule has 17 heavy (non-hydrogen) atoms. The predicted molar refractivity (Wildman–Crippen MR) is 68.6 cm³/mol. The van der Waals surface area contributed by atoms with E-state index < -0.39 is 0 Å². The number of allylic oxidation sites excluding steroid dienone is 1. The van der Waals surface area contributed by atoms with Crippen LogP contribution in [0.5, 0.6) is 0 Å². The Morgan fingerprint density at radius 3 is 2.71 bits per heavy atom. The summed E-state index contributed by atoms with van der Waals surface area (Å²) in [5, 5.41) is 9.14. The van der Waals surface area contributed by atoms with Gasteiger partial charge in [-0.1, -0.05) is 26.8 Å². The Hall–Kier alpha value is -0.630. The van der Waals surface area contributed by atoms with E-state index in [-0.39, 0.29) is 17.8 Å². The second-order valence-corrected chi connectivity index (χ2v) is 6.25. The van der Waals surface area contributed by atoms with E-state index in [1.54, 1.807) is 0 Å². The van der Waals surface area contributed by atoms with Crippen molar-refractivity contribution in [3.63, 3.8) is 0 Å². The van der Waals surface area contributed by atoms with Gasteiger partial charge in [-0.15, -0.1) is 0 Å². The maximum absolute atomic E-state index is 12.1. The smallest absolute Gasteiger partial charge is 0.161 e. The highest BCUT2D eigenvalue weighted by Gasteiger charge is 2.50. The summed E-state index contributed by atoms with van der Waals surface area (Å²) in [7, 11) is 0. The molecular formula is C15H24O2. The summed E-state index contributed by atoms with van der Waals surface area (Å²) < 4.78 is 0. The van der Waals surface area contributed by atoms with Crippen LogP contribution in [0.2, 0.25) is 0 Å². The van der Waals surface area contributed by atoms with Crippen LogP contribution in [0.3, 0.4) is 0 Å². The predicted octanol–water partition coefficient (Wildman–Crippen LogP) is 2.96. The first kappa shape index (κ1) is 12.8. The summed E-state index contributed by atoms with van der Waals surface area (Å²) in [6, 6.07) is 0. The molecule has 1 fully saturated rings. The highest BCUT2D eigenvalue weighted by atomic mass is 16.3. The van der Waals surface area contributed by atoms with E-state index in [9.17, 15) is 4.79 Å². The van der Waals surface area contributed by atoms with Gasteiger partial charge >= 0.3 is 0 Å². The molecule has 0 aromatic heterocycles. The monoisotopic (exact) mass is 236 g/mol. The van der Waals surface area contributed by atoms with Crippen molar-refractivity contribution in [2.45, 2.75) is 46.5 Å². The molecular weight excluding hydrogens is 212 g/mol. The van der Waals surface area contributed by atoms with Gasteiger partial charge in [-0.25, -0.2) is 0 Å². The van der Waals surface area contributed by atoms with E-state index in [4.69, 9.17) is 5.11 Å². The second kappa shape index (κ2) is 4.56. The number of aliphatic hydroxyl groups excluding tert-OH is 1. The topological polar surface area (TPSA) is 37.3 Å². The fourth-order valence-corrected chi connectivity index (χ4v) is 4.09. The van der Waals surface area contributed by atoms with Gasteiger partial charge in [0, 0.05) is 12.0 Å². The van der Waals surface area contributed by atoms with Gasteiger partial charge in [-0.05, 0) is 42.4 Å². The minimum absolute atomic E-state index is 0.0877. The first-order chi connectivity index (χ1) is 8.01. The lowest BCUT2D eigenvalue weighted by Crippen LogP contribution is -2.38. The summed E-state index contributed by atoms with van der Waals surface area (Å²) in [4.78, 5) is 12.1. The van der Waals surface area contributed by atoms with Crippen molar-refractivity contribution in [1.82, 2.24) is 0 Å². The van der Waals surface area contributed by atoms with Gasteiger partial charge in [0.25, 0.3) is 0 Å². The van der Waals surface area contributed by atoms with Gasteiger partial charge in [0.2, 0.25) is 0 Å². The van der Waals surface area contributed by atoms with Gasteiger partial charge in [-0.3, -0.25) is 4.79 Å². The molecule has 1 saturated carbocycles. The van der Waals surface area contributed by atoms with E-state index in [1.807, 2.05) is 6.08 Å². The zero-order valence-electron chi connectivity index (χ0n) is 11.2. The number of rotatable bonds is 2. The van der Waals surface area contributed by atoms with Gasteiger partial charge in [0.05, 0.1) is 6.61 Å². The molecule has 0 aromatic carbocycles. The number of ketones is 1. The van der Waals surface area contributed by atoms with E-state index >= 15 is 0 Å². The standard InChI is InChI=1S/C15H24O2/c1-10(2)13-5-4-11(3)15(13)7-6-12(9-16)14(17)8-15/h6,10-11,13,16H,4-5,7-9H2,1-3H3. The van der Waals surface area contributed by atoms with Crippen molar-refractivity contribution in [1.29, 1.82) is 0 Å². The second-order valence-electron chi connectivity index (χ2n) is 6.25. The number of carbonyl (C=O) groups is 1. The molecule has 0 radical (unpaired) electrons. The molecule has 2 aliphatic rings. The molecule has 0 aromatic rings. The Bertz CT molecular complexity index is 343. The first-order valence-electron chi connectivity index (χ1n) is 6.84. The van der Waals surface area contributed by atoms with Crippen LogP contribution < -0.4 is 0 Å². The molecule has 1 N–H and O–H groups in total. The Balaban J connectivity index is 2.30. The molecule has 1 spiro atoms. The van der Waals surface area contributed by atoms with Crippen LogP contribution in [0, 0.1) is 23.2 Å². The molecule has 0 bridgehead atoms. The lowest BCUT2D eigenvalue weighted by atomic mass is 9.61. The van der Waals surface area contributed by atoms with Crippen LogP contribution in [-0.4, -0.2) is 17.5 Å². The maximum Gasteiger partial charge on any atom is 0.161 e. The Morgan fingerprint density at radius 2 is 2.18 bits per heavy atom. The van der Waals surface area contributed by atoms with Crippen molar-refractivity contribution in [2.75, 3.05) is 6.61 Å². The molecule has 0 saturated heterocycles. The number of aliphatic hydroxyl groups is 1. The van der Waals surface area contributed by atoms with Crippen molar-refractivity contribution >= 4 is 5.78 Å². The molecule has 2 aliphatic carbocycles. The minimum Gasteiger partial charge on any atom is -0.392 e. The highest BCUT2D eigenvalue weighted by Crippen LogP contribution is 2.57. The van der Waals surface area contributed by atoms with E-state index in [1.165, 1.54) is 12.8 Å². The number of carbonyl (C=O) groups excluding carboxylic acids is 1. The van der Waals surface area contributed by atoms with Crippen molar-refractivity contribution in [3.05, 3.63) is 11.6 Å². The molecule has 96 valence electrons. The molecule has 2 heteroatoms. The molecule has 0 aliphatic heterocycles. The molecule has 3 atom stereocenters. The Kier molecular flexibility index (Phi) is 3.44. The molecule has 0 amide bonds. The van der Waals surface area contributed by atoms with Crippen molar-refractivity contribution in [3.8, 4) is 0 Å². The van der Waals surface area contributed by atoms with Crippen LogP contribution in [-0.2, 0) is 4.79 Å². The Morgan fingerprint density at radius 1 is 1.47 bits per heavy atom. The van der Waals surface area contributed by atoms with Crippen molar-refractivity contribution < 1.29 is 9.90 Å². The highest BCUT2D eigenvalue weighted by molar-refractivity contribution is 5.97. The number of hydrogen-bond donors (Lipinski definition) is 1. The third-order valence-corrected chi connectivity index (χ3v) is 5.18. The maximum atomic E-state index is 12.1. The summed E-state index contributed by atoms with van der Waals surface area (Å²) in [5.74, 6) is 2.13. The zero-order valence-corrected chi connectivity index (χ0v) is 11.2. The molecule has 3 unspecified atom stereocenters. The lowest BCUT2D eigenvalue weighted by Gasteiger charge is -2.42. The molecule has 2 rings (SSSR count). The number of hydrogen-bond acceptors (Lipinski definition) is 2. The first-order valence-corrected chi connectivity index (χ1v) is 6.84. The lowest BCUT2D eigenvalue weighted by molar-refractivity contribution is -0.120. The van der Waals surface area contributed by atoms with Crippen LogP contribution >= 0.6 is 0 Å². The van der Waals surface area contributed by atoms with Crippen LogP contribution in [0.4, 0.5) is 0 Å². The van der Waals surface area contributed by atoms with Crippen molar-refractivity contribution in [2.24, 2.45) is 23.2 Å². The van der Waals surface area contributed by atoms with Gasteiger partial charge in [0.15, 0.2) is 5.78 Å². The van der Waals surface area contributed by atoms with Crippen LogP contribution in [0.1, 0.15) is 46.5 Å². The van der Waals surface area contributed by atoms with Gasteiger partial charge < -0.3 is 5.11 Å². The van der Waals surface area contributed by atoms with E-state index in [0.29, 0.717) is 29.7 Å².